The van der Waals surface area contributed by atoms with E-state index >= 15 is 4.39 Å². The van der Waals surface area contributed by atoms with Crippen molar-refractivity contribution < 1.29 is 9.13 Å². The topological polar surface area (TPSA) is 81.0 Å². The third-order valence-corrected chi connectivity index (χ3v) is 7.82. The van der Waals surface area contributed by atoms with Crippen LogP contribution in [0.4, 0.5) is 10.2 Å². The molecule has 1 N–H and O–H groups in total. The van der Waals surface area contributed by atoms with Gasteiger partial charge in [-0.3, -0.25) is 4.98 Å². The summed E-state index contributed by atoms with van der Waals surface area (Å²) < 4.78 is 22.9. The van der Waals surface area contributed by atoms with Gasteiger partial charge in [0.05, 0.1) is 6.20 Å². The highest BCUT2D eigenvalue weighted by atomic mass is 19.1. The summed E-state index contributed by atoms with van der Waals surface area (Å²) in [7, 11) is 0. The smallest absolute Gasteiger partial charge is 0.154 e. The Morgan fingerprint density at radius 3 is 2.57 bits per heavy atom. The predicted octanol–water partition coefficient (Wildman–Crippen LogP) is 4.91. The lowest BCUT2D eigenvalue weighted by atomic mass is 9.79. The molecule has 37 heavy (non-hydrogen) atoms. The average molecular weight is 506 g/mol. The minimum absolute atomic E-state index is 0.0528. The van der Waals surface area contributed by atoms with Crippen molar-refractivity contribution in [3.63, 3.8) is 0 Å². The van der Waals surface area contributed by atoms with Crippen LogP contribution in [0.1, 0.15) is 71.6 Å². The first-order chi connectivity index (χ1) is 17.7. The molecule has 0 spiro atoms. The highest BCUT2D eigenvalue weighted by Gasteiger charge is 2.42. The summed E-state index contributed by atoms with van der Waals surface area (Å²) in [5.74, 6) is 0.516. The van der Waals surface area contributed by atoms with Gasteiger partial charge in [0.2, 0.25) is 0 Å². The average Bonchev–Trinajstić information content (AvgIpc) is 3.50. The fourth-order valence-electron chi connectivity index (χ4n) is 6.52. The molecule has 6 rings (SSSR count). The van der Waals surface area contributed by atoms with E-state index in [1.165, 1.54) is 6.07 Å². The minimum Gasteiger partial charge on any atom is -0.357 e. The van der Waals surface area contributed by atoms with E-state index in [4.69, 9.17) is 4.74 Å². The molecule has 3 aliphatic heterocycles. The van der Waals surface area contributed by atoms with Crippen LogP contribution >= 0.6 is 0 Å². The molecule has 1 unspecified atom stereocenters. The quantitative estimate of drug-likeness (QED) is 0.539. The van der Waals surface area contributed by atoms with E-state index in [1.807, 2.05) is 16.9 Å². The monoisotopic (exact) mass is 505 g/mol. The third-order valence-electron chi connectivity index (χ3n) is 7.82. The van der Waals surface area contributed by atoms with Crippen LogP contribution in [0.25, 0.3) is 22.5 Å². The fourth-order valence-corrected chi connectivity index (χ4v) is 6.52. The van der Waals surface area contributed by atoms with Crippen molar-refractivity contribution in [2.45, 2.75) is 89.6 Å². The molecule has 0 amide bonds. The summed E-state index contributed by atoms with van der Waals surface area (Å²) in [6.45, 7) is 10.7. The lowest BCUT2D eigenvalue weighted by molar-refractivity contribution is -0.0394. The van der Waals surface area contributed by atoms with Gasteiger partial charge < -0.3 is 15.0 Å². The molecule has 0 saturated carbocycles. The Bertz CT molecular complexity index is 1280. The van der Waals surface area contributed by atoms with Gasteiger partial charge in [0.15, 0.2) is 11.6 Å². The molecule has 3 aromatic heterocycles. The first kappa shape index (κ1) is 24.4. The number of ether oxygens (including phenoxy) is 1. The van der Waals surface area contributed by atoms with E-state index in [9.17, 15) is 0 Å². The highest BCUT2D eigenvalue weighted by molar-refractivity contribution is 5.66. The van der Waals surface area contributed by atoms with Crippen molar-refractivity contribution in [2.75, 3.05) is 18.1 Å². The SMILES string of the molecule is CC1(C)CC(N2CCc3cc(-c4ncc(-c5cnn(C6CCCCO6)c5)cc4F)nnc32)CC(C)(C)N1. The molecule has 196 valence electrons. The Labute approximate surface area is 217 Å². The van der Waals surface area contributed by atoms with Gasteiger partial charge in [0.1, 0.15) is 17.6 Å². The second kappa shape index (κ2) is 9.13. The molecule has 0 aromatic carbocycles. The van der Waals surface area contributed by atoms with E-state index in [-0.39, 0.29) is 23.0 Å². The van der Waals surface area contributed by atoms with Crippen LogP contribution in [0.2, 0.25) is 0 Å². The molecule has 1 atom stereocenters. The second-order valence-electron chi connectivity index (χ2n) is 12.1. The van der Waals surface area contributed by atoms with Crippen molar-refractivity contribution in [1.29, 1.82) is 0 Å². The third kappa shape index (κ3) is 4.86. The summed E-state index contributed by atoms with van der Waals surface area (Å²) in [5.41, 5.74) is 3.41. The molecule has 3 aromatic rings. The number of nitrogens with zero attached hydrogens (tertiary/aromatic N) is 6. The number of rotatable bonds is 4. The Kier molecular flexibility index (Phi) is 6.03. The highest BCUT2D eigenvalue weighted by Crippen LogP contribution is 2.38. The Hall–Kier alpha value is -2.91. The largest absolute Gasteiger partial charge is 0.357 e. The van der Waals surface area contributed by atoms with E-state index in [0.29, 0.717) is 17.3 Å². The number of aromatic nitrogens is 5. The number of hydrogen-bond donors (Lipinski definition) is 1. The van der Waals surface area contributed by atoms with Gasteiger partial charge in [-0.05, 0) is 78.4 Å². The molecule has 8 nitrogen and oxygen atoms in total. The van der Waals surface area contributed by atoms with E-state index in [2.05, 4.69) is 58.2 Å². The van der Waals surface area contributed by atoms with Crippen molar-refractivity contribution in [3.8, 4) is 22.5 Å². The summed E-state index contributed by atoms with van der Waals surface area (Å²) in [4.78, 5) is 6.85. The predicted molar refractivity (Wildman–Crippen MR) is 141 cm³/mol. The Morgan fingerprint density at radius 2 is 1.84 bits per heavy atom. The van der Waals surface area contributed by atoms with Gasteiger partial charge in [0.25, 0.3) is 0 Å². The lowest BCUT2D eigenvalue weighted by Gasteiger charge is -2.49. The van der Waals surface area contributed by atoms with Gasteiger partial charge in [-0.25, -0.2) is 9.07 Å². The first-order valence-corrected chi connectivity index (χ1v) is 13.4. The van der Waals surface area contributed by atoms with Crippen LogP contribution in [-0.2, 0) is 11.2 Å². The number of anilines is 1. The minimum atomic E-state index is -0.412. The molecule has 6 heterocycles. The van der Waals surface area contributed by atoms with Crippen molar-refractivity contribution in [3.05, 3.63) is 42.1 Å². The van der Waals surface area contributed by atoms with E-state index in [1.54, 1.807) is 12.4 Å². The van der Waals surface area contributed by atoms with Crippen LogP contribution in [0.5, 0.6) is 0 Å². The van der Waals surface area contributed by atoms with Crippen molar-refractivity contribution in [1.82, 2.24) is 30.3 Å². The van der Waals surface area contributed by atoms with Gasteiger partial charge in [-0.2, -0.15) is 5.10 Å². The molecule has 2 saturated heterocycles. The normalized spacial score (nSPS) is 23.3. The van der Waals surface area contributed by atoms with E-state index < -0.39 is 5.82 Å². The number of fused-ring (bicyclic) bond motifs is 1. The van der Waals surface area contributed by atoms with Crippen molar-refractivity contribution >= 4 is 5.82 Å². The van der Waals surface area contributed by atoms with Crippen LogP contribution < -0.4 is 10.2 Å². The zero-order valence-electron chi connectivity index (χ0n) is 22.2. The summed E-state index contributed by atoms with van der Waals surface area (Å²) in [6, 6.07) is 3.86. The summed E-state index contributed by atoms with van der Waals surface area (Å²) >= 11 is 0. The Morgan fingerprint density at radius 1 is 1.03 bits per heavy atom. The van der Waals surface area contributed by atoms with Crippen LogP contribution in [0.3, 0.4) is 0 Å². The van der Waals surface area contributed by atoms with Gasteiger partial charge in [-0.1, -0.05) is 0 Å². The number of pyridine rings is 1. The molecule has 3 aliphatic rings. The number of piperidine rings is 1. The fraction of sp³-hybridized carbons (Fsp3) is 0.571. The molecule has 0 radical (unpaired) electrons. The number of hydrogen-bond acceptors (Lipinski definition) is 7. The maximum Gasteiger partial charge on any atom is 0.154 e. The van der Waals surface area contributed by atoms with Gasteiger partial charge in [-0.15, -0.1) is 10.2 Å². The standard InChI is InChI=1S/C28H36FN7O/c1-27(2)13-21(14-28(3,4)34-27)35-9-8-18-12-23(32-33-26(18)35)25-22(29)11-19(15-30-25)20-16-31-36(17-20)24-7-5-6-10-37-24/h11-12,15-17,21,24,34H,5-10,13-14H2,1-4H3. The van der Waals surface area contributed by atoms with Crippen molar-refractivity contribution in [2.24, 2.45) is 0 Å². The second-order valence-corrected chi connectivity index (χ2v) is 12.1. The first-order valence-electron chi connectivity index (χ1n) is 13.4. The van der Waals surface area contributed by atoms with Gasteiger partial charge >= 0.3 is 0 Å². The summed E-state index contributed by atoms with van der Waals surface area (Å²) in [5, 5.41) is 17.2. The molecule has 2 fully saturated rings. The molecule has 9 heteroatoms. The maximum atomic E-state index is 15.3. The van der Waals surface area contributed by atoms with Crippen LogP contribution in [-0.4, -0.2) is 55.2 Å². The molecule has 0 aliphatic carbocycles. The zero-order chi connectivity index (χ0) is 25.8. The van der Waals surface area contributed by atoms with Crippen LogP contribution in [0.15, 0.2) is 30.7 Å². The lowest BCUT2D eigenvalue weighted by Crippen LogP contribution is -2.62. The maximum absolute atomic E-state index is 15.3. The molecular formula is C28H36FN7O. The number of nitrogens with one attached hydrogen (secondary N) is 1. The molecule has 0 bridgehead atoms. The zero-order valence-corrected chi connectivity index (χ0v) is 22.2. The molecular weight excluding hydrogens is 469 g/mol. The number of halogens is 1. The van der Waals surface area contributed by atoms with Gasteiger partial charge in [0, 0.05) is 59.4 Å². The van der Waals surface area contributed by atoms with Crippen LogP contribution in [0, 0.1) is 5.82 Å². The Balaban J connectivity index is 1.22. The van der Waals surface area contributed by atoms with E-state index in [0.717, 1.165) is 68.6 Å². The summed E-state index contributed by atoms with van der Waals surface area (Å²) in [6.07, 6.45) is 11.4.